The van der Waals surface area contributed by atoms with Crippen LogP contribution in [0.25, 0.3) is 0 Å². The van der Waals surface area contributed by atoms with E-state index >= 15 is 0 Å². The minimum Gasteiger partial charge on any atom is -0.465 e. The van der Waals surface area contributed by atoms with Crippen LogP contribution in [-0.2, 0) is 6.42 Å². The van der Waals surface area contributed by atoms with E-state index in [0.29, 0.717) is 17.4 Å². The molecule has 1 unspecified atom stereocenters. The zero-order chi connectivity index (χ0) is 21.9. The number of rotatable bonds is 7. The zero-order valence-electron chi connectivity index (χ0n) is 15.7. The average molecular weight is 444 g/mol. The Labute approximate surface area is 173 Å². The van der Waals surface area contributed by atoms with Crippen molar-refractivity contribution in [3.8, 4) is 5.75 Å². The molecule has 2 aromatic carbocycles. The number of hydrogen-bond acceptors (Lipinski definition) is 6. The van der Waals surface area contributed by atoms with Gasteiger partial charge in [-0.1, -0.05) is 18.2 Å². The lowest BCUT2D eigenvalue weighted by Gasteiger charge is -2.38. The molecule has 3 atom stereocenters. The van der Waals surface area contributed by atoms with Gasteiger partial charge in [-0.15, -0.1) is 0 Å². The number of aliphatic hydroxyl groups excluding tert-OH is 1. The highest BCUT2D eigenvalue weighted by Crippen LogP contribution is 2.50. The van der Waals surface area contributed by atoms with E-state index in [1.54, 1.807) is 24.3 Å². The molecule has 30 heavy (non-hydrogen) atoms. The molecular weight excluding hydrogens is 422 g/mol. The van der Waals surface area contributed by atoms with Crippen LogP contribution < -0.4 is 14.8 Å². The zero-order valence-corrected chi connectivity index (χ0v) is 16.5. The third-order valence-electron chi connectivity index (χ3n) is 4.63. The summed E-state index contributed by atoms with van der Waals surface area (Å²) in [7, 11) is -3.33. The van der Waals surface area contributed by atoms with Gasteiger partial charge in [0.2, 0.25) is 0 Å². The van der Waals surface area contributed by atoms with Crippen LogP contribution >= 0.6 is 10.9 Å². The number of carbonyl (C=O) groups is 1. The number of aliphatic hydroxyl groups is 1. The first-order chi connectivity index (χ1) is 14.1. The molecule has 0 radical (unpaired) electrons. The first-order valence-corrected chi connectivity index (χ1v) is 10.7. The summed E-state index contributed by atoms with van der Waals surface area (Å²) in [6.07, 6.45) is -2.82. The average Bonchev–Trinajstić information content (AvgIpc) is 2.63. The largest absolute Gasteiger partial charge is 0.465 e. The maximum Gasteiger partial charge on any atom is 0.404 e. The van der Waals surface area contributed by atoms with Gasteiger partial charge in [-0.05, 0) is 30.2 Å². The molecule has 0 spiro atoms. The molecule has 11 heteroatoms. The fourth-order valence-electron chi connectivity index (χ4n) is 3.33. The molecule has 1 heterocycles. The van der Waals surface area contributed by atoms with E-state index in [1.807, 2.05) is 0 Å². The monoisotopic (exact) mass is 444 g/mol. The maximum atomic E-state index is 13.4. The van der Waals surface area contributed by atoms with Crippen molar-refractivity contribution in [1.82, 2.24) is 10.6 Å². The van der Waals surface area contributed by atoms with Gasteiger partial charge in [-0.2, -0.15) is 0 Å². The Hall–Kier alpha value is -2.44. The first-order valence-electron chi connectivity index (χ1n) is 9.03. The normalized spacial score (nSPS) is 20.4. The van der Waals surface area contributed by atoms with Crippen LogP contribution in [0.5, 0.6) is 5.75 Å². The van der Waals surface area contributed by atoms with Crippen molar-refractivity contribution in [1.29, 1.82) is 0 Å². The standard InChI is InChI=1S/C19H22F2N2O6S/c20-12-5-11(6-13(21)8-12)7-15(23-19(25)26)17(24)9-22-16-10-30(27,28)29-18-4-2-1-3-14(16)18/h1-6,8,15-17,22-24,27-28H,7,9-10H2,(H,25,26)/t15-,16?,17+/m0/s1. The van der Waals surface area contributed by atoms with Crippen molar-refractivity contribution < 1.29 is 37.1 Å². The highest BCUT2D eigenvalue weighted by molar-refractivity contribution is 8.20. The summed E-state index contributed by atoms with van der Waals surface area (Å²) in [5.74, 6) is -1.47. The van der Waals surface area contributed by atoms with Crippen molar-refractivity contribution in [3.05, 3.63) is 65.2 Å². The number of para-hydroxylation sites is 1. The topological polar surface area (TPSA) is 131 Å². The molecule has 0 saturated heterocycles. The molecule has 0 aromatic heterocycles. The van der Waals surface area contributed by atoms with Gasteiger partial charge in [0.25, 0.3) is 0 Å². The summed E-state index contributed by atoms with van der Waals surface area (Å²) < 4.78 is 52.0. The Bertz CT molecular complexity index is 896. The fourth-order valence-corrected chi connectivity index (χ4v) is 4.57. The van der Waals surface area contributed by atoms with Crippen molar-refractivity contribution in [2.75, 3.05) is 12.3 Å². The molecule has 3 rings (SSSR count). The van der Waals surface area contributed by atoms with Crippen molar-refractivity contribution in [2.45, 2.75) is 24.6 Å². The Morgan fingerprint density at radius 2 is 1.87 bits per heavy atom. The van der Waals surface area contributed by atoms with Crippen LogP contribution in [0.1, 0.15) is 17.2 Å². The molecule has 0 bridgehead atoms. The fraction of sp³-hybridized carbons (Fsp3) is 0.316. The lowest BCUT2D eigenvalue weighted by Crippen LogP contribution is -2.49. The Kier molecular flexibility index (Phi) is 6.78. The molecule has 6 N–H and O–H groups in total. The summed E-state index contributed by atoms with van der Waals surface area (Å²) in [6, 6.07) is 7.93. The number of nitrogens with one attached hydrogen (secondary N) is 2. The third-order valence-corrected chi connectivity index (χ3v) is 5.84. The molecule has 0 fully saturated rings. The van der Waals surface area contributed by atoms with Gasteiger partial charge in [-0.25, -0.2) is 13.6 Å². The van der Waals surface area contributed by atoms with Crippen LogP contribution in [0.3, 0.4) is 0 Å². The number of carboxylic acid groups (broad SMARTS) is 1. The number of amides is 1. The van der Waals surface area contributed by atoms with E-state index in [2.05, 4.69) is 10.6 Å². The van der Waals surface area contributed by atoms with Crippen LogP contribution in [0.4, 0.5) is 13.6 Å². The number of fused-ring (bicyclic) bond motifs is 1. The van der Waals surface area contributed by atoms with Crippen molar-refractivity contribution in [2.24, 2.45) is 0 Å². The Morgan fingerprint density at radius 1 is 1.20 bits per heavy atom. The van der Waals surface area contributed by atoms with Crippen molar-refractivity contribution >= 4 is 17.0 Å². The van der Waals surface area contributed by atoms with Crippen LogP contribution in [0, 0.1) is 11.6 Å². The lowest BCUT2D eigenvalue weighted by atomic mass is 10.00. The van der Waals surface area contributed by atoms with Gasteiger partial charge in [0.05, 0.1) is 23.9 Å². The molecule has 2 aromatic rings. The summed E-state index contributed by atoms with van der Waals surface area (Å²) in [6.45, 7) is -0.128. The van der Waals surface area contributed by atoms with E-state index in [4.69, 9.17) is 9.29 Å². The Morgan fingerprint density at radius 3 is 2.53 bits per heavy atom. The van der Waals surface area contributed by atoms with Crippen LogP contribution in [-0.4, -0.2) is 49.9 Å². The van der Waals surface area contributed by atoms with Gasteiger partial charge in [0.15, 0.2) is 0 Å². The number of benzene rings is 2. The second kappa shape index (κ2) is 9.14. The first kappa shape index (κ1) is 22.2. The third kappa shape index (κ3) is 5.80. The van der Waals surface area contributed by atoms with E-state index in [0.717, 1.165) is 12.1 Å². The van der Waals surface area contributed by atoms with Gasteiger partial charge >= 0.3 is 6.09 Å². The maximum absolute atomic E-state index is 13.4. The SMILES string of the molecule is O=C(O)N[C@@H](Cc1cc(F)cc(F)c1)[C@H](O)CNC1CS(O)(O)Oc2ccccc21. The molecular formula is C19H22F2N2O6S. The summed E-state index contributed by atoms with van der Waals surface area (Å²) in [5, 5.41) is 24.7. The molecule has 1 aliphatic heterocycles. The predicted octanol–water partition coefficient (Wildman–Crippen LogP) is 2.89. The smallest absolute Gasteiger partial charge is 0.404 e. The quantitative estimate of drug-likeness (QED) is 0.387. The van der Waals surface area contributed by atoms with E-state index in [-0.39, 0.29) is 24.3 Å². The predicted molar refractivity (Wildman–Crippen MR) is 107 cm³/mol. The molecule has 164 valence electrons. The van der Waals surface area contributed by atoms with Gasteiger partial charge in [0, 0.05) is 18.2 Å². The summed E-state index contributed by atoms with van der Waals surface area (Å²) in [5.41, 5.74) is 0.835. The number of halogens is 2. The van der Waals surface area contributed by atoms with Crippen molar-refractivity contribution in [3.63, 3.8) is 0 Å². The van der Waals surface area contributed by atoms with Gasteiger partial charge in [0.1, 0.15) is 28.3 Å². The van der Waals surface area contributed by atoms with E-state index in [1.165, 1.54) is 0 Å². The molecule has 0 saturated carbocycles. The Balaban J connectivity index is 1.71. The number of hydrogen-bond donors (Lipinski definition) is 6. The summed E-state index contributed by atoms with van der Waals surface area (Å²) >= 11 is 0. The van der Waals surface area contributed by atoms with Gasteiger partial charge in [-0.3, -0.25) is 9.11 Å². The molecule has 1 amide bonds. The second-order valence-electron chi connectivity index (χ2n) is 6.96. The second-order valence-corrected chi connectivity index (χ2v) is 8.67. The molecule has 8 nitrogen and oxygen atoms in total. The highest BCUT2D eigenvalue weighted by Gasteiger charge is 2.34. The van der Waals surface area contributed by atoms with Crippen LogP contribution in [0.15, 0.2) is 42.5 Å². The van der Waals surface area contributed by atoms with E-state index < -0.39 is 46.8 Å². The summed E-state index contributed by atoms with van der Waals surface area (Å²) in [4.78, 5) is 11.1. The molecule has 1 aliphatic rings. The van der Waals surface area contributed by atoms with Crippen LogP contribution in [0.2, 0.25) is 0 Å². The minimum atomic E-state index is -3.33. The van der Waals surface area contributed by atoms with Gasteiger partial charge < -0.3 is 25.0 Å². The lowest BCUT2D eigenvalue weighted by molar-refractivity contribution is 0.115. The minimum absolute atomic E-state index is 0.128. The van der Waals surface area contributed by atoms with E-state index in [9.17, 15) is 27.8 Å². The molecule has 0 aliphatic carbocycles. The highest BCUT2D eigenvalue weighted by atomic mass is 32.3.